The lowest BCUT2D eigenvalue weighted by Crippen LogP contribution is -2.56. The van der Waals surface area contributed by atoms with E-state index in [-0.39, 0.29) is 11.9 Å². The first-order valence-electron chi connectivity index (χ1n) is 17.5. The number of fused-ring (bicyclic) bond motifs is 1. The molecule has 3 heterocycles. The summed E-state index contributed by atoms with van der Waals surface area (Å²) in [7, 11) is 1.53. The van der Waals surface area contributed by atoms with Gasteiger partial charge in [0.05, 0.1) is 12.2 Å². The van der Waals surface area contributed by atoms with Gasteiger partial charge in [0.1, 0.15) is 11.1 Å². The monoisotopic (exact) mass is 666 g/mol. The van der Waals surface area contributed by atoms with Crippen molar-refractivity contribution < 1.29 is 24.2 Å². The van der Waals surface area contributed by atoms with Crippen molar-refractivity contribution in [3.05, 3.63) is 102 Å². The maximum atomic E-state index is 14.4. The molecule has 2 aliphatic heterocycles. The second-order valence-electron chi connectivity index (χ2n) is 14.4. The van der Waals surface area contributed by atoms with Crippen LogP contribution in [0.3, 0.4) is 0 Å². The van der Waals surface area contributed by atoms with E-state index in [1.165, 1.54) is 23.6 Å². The minimum Gasteiger partial charge on any atom is -0.456 e. The number of hydrogen-bond donors (Lipinski definition) is 1. The van der Waals surface area contributed by atoms with Crippen molar-refractivity contribution in [2.45, 2.75) is 83.4 Å². The van der Waals surface area contributed by atoms with Gasteiger partial charge in [-0.3, -0.25) is 4.79 Å². The van der Waals surface area contributed by atoms with Gasteiger partial charge in [-0.05, 0) is 94.5 Å². The van der Waals surface area contributed by atoms with E-state index < -0.39 is 17.4 Å². The number of aromatic nitrogens is 1. The van der Waals surface area contributed by atoms with Crippen LogP contribution in [0.1, 0.15) is 67.9 Å². The fourth-order valence-corrected chi connectivity index (χ4v) is 7.39. The van der Waals surface area contributed by atoms with Gasteiger partial charge in [-0.2, -0.15) is 0 Å². The summed E-state index contributed by atoms with van der Waals surface area (Å²) in [6, 6.07) is 26.2. The maximum absolute atomic E-state index is 14.4. The molecule has 1 N–H and O–H groups in total. The Kier molecular flexibility index (Phi) is 10.4. The van der Waals surface area contributed by atoms with E-state index in [2.05, 4.69) is 57.0 Å². The molecule has 0 saturated carbocycles. The van der Waals surface area contributed by atoms with Crippen molar-refractivity contribution in [3.8, 4) is 0 Å². The van der Waals surface area contributed by atoms with E-state index in [4.69, 9.17) is 9.47 Å². The molecule has 260 valence electrons. The molecule has 9 nitrogen and oxygen atoms in total. The highest BCUT2D eigenvalue weighted by Crippen LogP contribution is 2.40. The van der Waals surface area contributed by atoms with Crippen molar-refractivity contribution in [2.75, 3.05) is 38.3 Å². The van der Waals surface area contributed by atoms with Gasteiger partial charge in [0, 0.05) is 62.5 Å². The number of aryl methyl sites for hydroxylation is 2. The van der Waals surface area contributed by atoms with Crippen molar-refractivity contribution in [1.29, 1.82) is 0 Å². The summed E-state index contributed by atoms with van der Waals surface area (Å²) in [6.07, 6.45) is 5.31. The fraction of sp³-hybridized carbons (Fsp3) is 0.450. The first-order chi connectivity index (χ1) is 23.6. The molecule has 6 rings (SSSR count). The lowest BCUT2D eigenvalue weighted by Gasteiger charge is -2.43. The molecule has 4 aromatic rings. The van der Waals surface area contributed by atoms with Crippen LogP contribution in [0.2, 0.25) is 0 Å². The van der Waals surface area contributed by atoms with Gasteiger partial charge in [-0.25, -0.2) is 4.79 Å². The van der Waals surface area contributed by atoms with E-state index in [0.717, 1.165) is 63.1 Å². The number of amides is 1. The number of esters is 1. The summed E-state index contributed by atoms with van der Waals surface area (Å²) in [4.78, 5) is 33.9. The third-order valence-electron chi connectivity index (χ3n) is 9.88. The Morgan fingerprint density at radius 1 is 0.959 bits per heavy atom. The van der Waals surface area contributed by atoms with Gasteiger partial charge in [-0.15, -0.1) is 0 Å². The summed E-state index contributed by atoms with van der Waals surface area (Å²) in [6.45, 7) is 10.1. The molecule has 2 fully saturated rings. The van der Waals surface area contributed by atoms with Crippen molar-refractivity contribution >= 4 is 28.5 Å². The number of hydrogen-bond acceptors (Lipinski definition) is 7. The fourth-order valence-electron chi connectivity index (χ4n) is 7.39. The predicted octanol–water partition coefficient (Wildman–Crippen LogP) is 6.23. The molecule has 0 aliphatic carbocycles. The minimum atomic E-state index is -0.753. The zero-order valence-corrected chi connectivity index (χ0v) is 29.3. The number of rotatable bonds is 12. The summed E-state index contributed by atoms with van der Waals surface area (Å²) in [5.41, 5.74) is 3.74. The largest absolute Gasteiger partial charge is 0.456 e. The Hall–Kier alpha value is -4.18. The molecule has 0 radical (unpaired) electrons. The number of nitrogens with zero attached hydrogens (tertiary/aromatic N) is 4. The quantitative estimate of drug-likeness (QED) is 0.142. The topological polar surface area (TPSA) is 87.5 Å². The molecule has 1 amide bonds. The molecule has 0 bridgehead atoms. The highest BCUT2D eigenvalue weighted by molar-refractivity contribution is 5.94. The van der Waals surface area contributed by atoms with E-state index in [1.54, 1.807) is 6.07 Å². The van der Waals surface area contributed by atoms with E-state index in [0.29, 0.717) is 25.2 Å². The molecule has 9 heteroatoms. The number of para-hydroxylation sites is 2. The van der Waals surface area contributed by atoms with Crippen molar-refractivity contribution in [3.63, 3.8) is 0 Å². The number of carbonyl (C=O) groups excluding carboxylic acids is 2. The third-order valence-corrected chi connectivity index (χ3v) is 9.88. The Labute approximate surface area is 290 Å². The molecular formula is C40H50N4O5. The number of ether oxygens (including phenoxy) is 2. The smallest absolute Gasteiger partial charge is 0.338 e. The lowest BCUT2D eigenvalue weighted by molar-refractivity contribution is -0.134. The Morgan fingerprint density at radius 2 is 1.69 bits per heavy atom. The standard InChI is InChI=1S/C40H50N4O5/c1-39(2,3)49-37(46)31-13-10-12-30(26-31)27-43-29-44(33-14-6-5-7-15-33)40(38(43)47)20-24-41(25-21-40)22-11-23-42-28-32(18-19-36(45)48-4)34-16-8-9-17-35(34)42/h5-10,12-17,26,28,36,45H,11,18-25,27,29H2,1-4H3. The van der Waals surface area contributed by atoms with Gasteiger partial charge in [-0.1, -0.05) is 48.5 Å². The molecule has 2 aliphatic rings. The molecule has 1 aromatic heterocycles. The molecular weight excluding hydrogens is 616 g/mol. The number of aliphatic hydroxyl groups is 1. The summed E-state index contributed by atoms with van der Waals surface area (Å²) < 4.78 is 13.0. The number of anilines is 1. The normalized spacial score (nSPS) is 17.3. The summed E-state index contributed by atoms with van der Waals surface area (Å²) >= 11 is 0. The average Bonchev–Trinajstić information content (AvgIpc) is 3.58. The van der Waals surface area contributed by atoms with E-state index in [9.17, 15) is 14.7 Å². The number of aliphatic hydroxyl groups excluding tert-OH is 1. The number of benzene rings is 3. The van der Waals surface area contributed by atoms with Crippen LogP contribution >= 0.6 is 0 Å². The van der Waals surface area contributed by atoms with Crippen molar-refractivity contribution in [1.82, 2.24) is 14.4 Å². The van der Waals surface area contributed by atoms with Crippen LogP contribution in [0, 0.1) is 0 Å². The third kappa shape index (κ3) is 7.85. The van der Waals surface area contributed by atoms with Crippen LogP contribution in [-0.2, 0) is 33.8 Å². The number of piperidine rings is 1. The van der Waals surface area contributed by atoms with Gasteiger partial charge in [0.15, 0.2) is 6.29 Å². The predicted molar refractivity (Wildman–Crippen MR) is 192 cm³/mol. The molecule has 1 spiro atoms. The van der Waals surface area contributed by atoms with Crippen LogP contribution in [0.5, 0.6) is 0 Å². The van der Waals surface area contributed by atoms with Gasteiger partial charge in [0.25, 0.3) is 0 Å². The zero-order valence-electron chi connectivity index (χ0n) is 29.3. The van der Waals surface area contributed by atoms with Gasteiger partial charge in [0.2, 0.25) is 5.91 Å². The highest BCUT2D eigenvalue weighted by Gasteiger charge is 2.53. The number of likely N-dealkylation sites (tertiary alicyclic amines) is 1. The van der Waals surface area contributed by atoms with Gasteiger partial charge >= 0.3 is 5.97 Å². The lowest BCUT2D eigenvalue weighted by atomic mass is 9.85. The summed E-state index contributed by atoms with van der Waals surface area (Å²) in [5.74, 6) is -0.201. The van der Waals surface area contributed by atoms with Crippen molar-refractivity contribution in [2.24, 2.45) is 0 Å². The highest BCUT2D eigenvalue weighted by atomic mass is 16.6. The molecule has 1 atom stereocenters. The van der Waals surface area contributed by atoms with Crippen LogP contribution in [0.15, 0.2) is 85.1 Å². The molecule has 2 saturated heterocycles. The Bertz CT molecular complexity index is 1740. The maximum Gasteiger partial charge on any atom is 0.338 e. The second-order valence-corrected chi connectivity index (χ2v) is 14.4. The average molecular weight is 667 g/mol. The second kappa shape index (κ2) is 14.7. The SMILES string of the molecule is COC(O)CCc1cn(CCCN2CCC3(CC2)C(=O)N(Cc2cccc(C(=O)OC(C)(C)C)c2)CN3c2ccccc2)c2ccccc12. The van der Waals surface area contributed by atoms with E-state index in [1.807, 2.05) is 62.1 Å². The van der Waals surface area contributed by atoms with Crippen LogP contribution in [-0.4, -0.2) is 82.2 Å². The zero-order chi connectivity index (χ0) is 34.6. The Balaban J connectivity index is 1.11. The first-order valence-corrected chi connectivity index (χ1v) is 17.5. The van der Waals surface area contributed by atoms with Crippen LogP contribution in [0.4, 0.5) is 5.69 Å². The molecule has 49 heavy (non-hydrogen) atoms. The molecule has 1 unspecified atom stereocenters. The van der Waals surface area contributed by atoms with Crippen LogP contribution < -0.4 is 4.90 Å². The summed E-state index contributed by atoms with van der Waals surface area (Å²) in [5, 5.41) is 11.2. The minimum absolute atomic E-state index is 0.156. The number of methoxy groups -OCH3 is 1. The Morgan fingerprint density at radius 3 is 2.43 bits per heavy atom. The van der Waals surface area contributed by atoms with E-state index >= 15 is 0 Å². The first kappa shape index (κ1) is 34.7. The van der Waals surface area contributed by atoms with Crippen LogP contribution in [0.25, 0.3) is 10.9 Å². The molecule has 3 aromatic carbocycles. The number of carbonyl (C=O) groups is 2. The van der Waals surface area contributed by atoms with Gasteiger partial charge < -0.3 is 33.8 Å².